The summed E-state index contributed by atoms with van der Waals surface area (Å²) in [6.45, 7) is -0.274. The normalized spacial score (nSPS) is 10.1. The molecule has 7 heteroatoms. The van der Waals surface area contributed by atoms with Gasteiger partial charge < -0.3 is 25.6 Å². The number of nitrogens with zero attached hydrogens (tertiary/aromatic N) is 1. The van der Waals surface area contributed by atoms with E-state index in [1.54, 1.807) is 24.3 Å². The number of amides is 2. The summed E-state index contributed by atoms with van der Waals surface area (Å²) in [5, 5.41) is 17.8. The summed E-state index contributed by atoms with van der Waals surface area (Å²) in [6, 6.07) is 6.18. The number of carbonyl (C=O) groups is 2. The van der Waals surface area contributed by atoms with Crippen molar-refractivity contribution >= 4 is 11.8 Å². The molecule has 1 aromatic carbocycles. The fourth-order valence-electron chi connectivity index (χ4n) is 1.59. The molecule has 1 rings (SSSR count). The molecule has 0 heterocycles. The molecule has 0 unspecified atom stereocenters. The molecule has 0 spiro atoms. The van der Waals surface area contributed by atoms with Crippen molar-refractivity contribution in [3.8, 4) is 5.75 Å². The third-order valence-corrected chi connectivity index (χ3v) is 2.51. The van der Waals surface area contributed by atoms with Crippen LogP contribution in [0.5, 0.6) is 5.75 Å². The summed E-state index contributed by atoms with van der Waals surface area (Å²) >= 11 is 0. The first-order valence-corrected chi connectivity index (χ1v) is 6.10. The molecular formula is C13H18N2O5. The predicted molar refractivity (Wildman–Crippen MR) is 71.2 cm³/mol. The maximum absolute atomic E-state index is 12.1. The van der Waals surface area contributed by atoms with Gasteiger partial charge in [0.25, 0.3) is 11.8 Å². The minimum Gasteiger partial charge on any atom is -0.484 e. The Kier molecular flexibility index (Phi) is 6.48. The molecule has 0 aliphatic heterocycles. The number of aliphatic hydroxyl groups excluding tert-OH is 2. The van der Waals surface area contributed by atoms with Crippen LogP contribution in [0.3, 0.4) is 0 Å². The van der Waals surface area contributed by atoms with E-state index in [1.165, 1.54) is 4.90 Å². The molecule has 0 saturated heterocycles. The number of ether oxygens (including phenoxy) is 1. The van der Waals surface area contributed by atoms with Gasteiger partial charge in [0.2, 0.25) is 0 Å². The van der Waals surface area contributed by atoms with Crippen molar-refractivity contribution in [2.24, 2.45) is 5.73 Å². The minimum absolute atomic E-state index is 0.152. The molecule has 110 valence electrons. The van der Waals surface area contributed by atoms with Gasteiger partial charge >= 0.3 is 0 Å². The summed E-state index contributed by atoms with van der Waals surface area (Å²) in [7, 11) is 0. The van der Waals surface area contributed by atoms with Crippen LogP contribution < -0.4 is 10.5 Å². The number of nitrogens with two attached hydrogens (primary N) is 1. The van der Waals surface area contributed by atoms with E-state index in [0.29, 0.717) is 11.3 Å². The minimum atomic E-state index is -0.581. The van der Waals surface area contributed by atoms with Crippen LogP contribution in [0.2, 0.25) is 0 Å². The van der Waals surface area contributed by atoms with Gasteiger partial charge in [0.05, 0.1) is 13.2 Å². The molecule has 0 aliphatic rings. The molecule has 0 aromatic heterocycles. The third kappa shape index (κ3) is 4.87. The van der Waals surface area contributed by atoms with E-state index in [9.17, 15) is 9.59 Å². The Labute approximate surface area is 116 Å². The van der Waals surface area contributed by atoms with Gasteiger partial charge in [-0.25, -0.2) is 0 Å². The maximum atomic E-state index is 12.1. The smallest absolute Gasteiger partial charge is 0.255 e. The summed E-state index contributed by atoms with van der Waals surface area (Å²) in [5.41, 5.74) is 5.35. The van der Waals surface area contributed by atoms with Crippen LogP contribution in [0.4, 0.5) is 0 Å². The number of rotatable bonds is 8. The Bertz CT molecular complexity index is 441. The van der Waals surface area contributed by atoms with E-state index in [1.807, 2.05) is 0 Å². The second kappa shape index (κ2) is 8.13. The lowest BCUT2D eigenvalue weighted by Gasteiger charge is -2.20. The molecule has 0 atom stereocenters. The molecule has 2 amide bonds. The van der Waals surface area contributed by atoms with Gasteiger partial charge in [-0.15, -0.1) is 0 Å². The van der Waals surface area contributed by atoms with E-state index >= 15 is 0 Å². The highest BCUT2D eigenvalue weighted by Crippen LogP contribution is 2.13. The van der Waals surface area contributed by atoms with Crippen LogP contribution in [0.15, 0.2) is 24.3 Å². The van der Waals surface area contributed by atoms with Gasteiger partial charge in [0, 0.05) is 18.7 Å². The topological polar surface area (TPSA) is 113 Å². The first-order valence-electron chi connectivity index (χ1n) is 6.10. The number of benzene rings is 1. The molecule has 0 saturated carbocycles. The molecule has 7 nitrogen and oxygen atoms in total. The monoisotopic (exact) mass is 282 g/mol. The molecule has 4 N–H and O–H groups in total. The van der Waals surface area contributed by atoms with Gasteiger partial charge in [0.1, 0.15) is 5.75 Å². The van der Waals surface area contributed by atoms with Crippen molar-refractivity contribution in [3.05, 3.63) is 29.8 Å². The van der Waals surface area contributed by atoms with E-state index in [4.69, 9.17) is 20.7 Å². The quantitative estimate of drug-likeness (QED) is 0.564. The first-order chi connectivity index (χ1) is 9.58. The summed E-state index contributed by atoms with van der Waals surface area (Å²) in [4.78, 5) is 24.0. The predicted octanol–water partition coefficient (Wildman–Crippen LogP) is -1.02. The first kappa shape index (κ1) is 15.9. The van der Waals surface area contributed by atoms with Gasteiger partial charge in [-0.05, 0) is 24.3 Å². The fourth-order valence-corrected chi connectivity index (χ4v) is 1.59. The summed E-state index contributed by atoms with van der Waals surface area (Å²) < 4.78 is 5.08. The zero-order chi connectivity index (χ0) is 15.0. The zero-order valence-corrected chi connectivity index (χ0v) is 11.0. The average Bonchev–Trinajstić information content (AvgIpc) is 2.44. The van der Waals surface area contributed by atoms with Crippen LogP contribution >= 0.6 is 0 Å². The standard InChI is InChI=1S/C13H18N2O5/c14-12(18)9-20-11-3-1-10(2-4-11)13(19)15(5-7-16)6-8-17/h1-4,16-17H,5-9H2,(H2,14,18). The van der Waals surface area contributed by atoms with Gasteiger partial charge in [-0.1, -0.05) is 0 Å². The van der Waals surface area contributed by atoms with Crippen molar-refractivity contribution in [2.75, 3.05) is 32.9 Å². The average molecular weight is 282 g/mol. The summed E-state index contributed by atoms with van der Waals surface area (Å²) in [6.07, 6.45) is 0. The summed E-state index contributed by atoms with van der Waals surface area (Å²) in [5.74, 6) is -0.451. The van der Waals surface area contributed by atoms with Crippen LogP contribution in [0.1, 0.15) is 10.4 Å². The van der Waals surface area contributed by atoms with Crippen LogP contribution in [0, 0.1) is 0 Å². The molecular weight excluding hydrogens is 264 g/mol. The maximum Gasteiger partial charge on any atom is 0.255 e. The second-order valence-corrected chi connectivity index (χ2v) is 4.02. The lowest BCUT2D eigenvalue weighted by Crippen LogP contribution is -2.35. The fraction of sp³-hybridized carbons (Fsp3) is 0.385. The lowest BCUT2D eigenvalue weighted by atomic mass is 10.2. The molecule has 20 heavy (non-hydrogen) atoms. The number of hydrogen-bond acceptors (Lipinski definition) is 5. The van der Waals surface area contributed by atoms with Crippen molar-refractivity contribution in [3.63, 3.8) is 0 Å². The van der Waals surface area contributed by atoms with Gasteiger partial charge in [-0.2, -0.15) is 0 Å². The SMILES string of the molecule is NC(=O)COc1ccc(C(=O)N(CCO)CCO)cc1. The second-order valence-electron chi connectivity index (χ2n) is 4.02. The Balaban J connectivity index is 2.70. The molecule has 0 fully saturated rings. The molecule has 0 radical (unpaired) electrons. The number of primary amides is 1. The van der Waals surface area contributed by atoms with E-state index in [0.717, 1.165) is 0 Å². The Morgan fingerprint density at radius 2 is 1.65 bits per heavy atom. The highest BCUT2D eigenvalue weighted by atomic mass is 16.5. The van der Waals surface area contributed by atoms with Gasteiger partial charge in [-0.3, -0.25) is 9.59 Å². The zero-order valence-electron chi connectivity index (χ0n) is 11.0. The Morgan fingerprint density at radius 3 is 2.10 bits per heavy atom. The van der Waals surface area contributed by atoms with Crippen molar-refractivity contribution in [2.45, 2.75) is 0 Å². The highest BCUT2D eigenvalue weighted by molar-refractivity contribution is 5.94. The van der Waals surface area contributed by atoms with Crippen molar-refractivity contribution in [1.29, 1.82) is 0 Å². The Morgan fingerprint density at radius 1 is 1.10 bits per heavy atom. The molecule has 1 aromatic rings. The number of carbonyl (C=O) groups excluding carboxylic acids is 2. The van der Waals surface area contributed by atoms with Crippen molar-refractivity contribution < 1.29 is 24.5 Å². The largest absolute Gasteiger partial charge is 0.484 e. The van der Waals surface area contributed by atoms with Crippen LogP contribution in [-0.4, -0.2) is 59.8 Å². The van der Waals surface area contributed by atoms with E-state index in [2.05, 4.69) is 0 Å². The van der Waals surface area contributed by atoms with E-state index in [-0.39, 0.29) is 38.8 Å². The molecule has 0 aliphatic carbocycles. The Hall–Kier alpha value is -2.12. The lowest BCUT2D eigenvalue weighted by molar-refractivity contribution is -0.119. The highest BCUT2D eigenvalue weighted by Gasteiger charge is 2.14. The van der Waals surface area contributed by atoms with Crippen LogP contribution in [-0.2, 0) is 4.79 Å². The van der Waals surface area contributed by atoms with Gasteiger partial charge in [0.15, 0.2) is 6.61 Å². The van der Waals surface area contributed by atoms with Crippen molar-refractivity contribution in [1.82, 2.24) is 4.90 Å². The molecule has 0 bridgehead atoms. The van der Waals surface area contributed by atoms with Crippen LogP contribution in [0.25, 0.3) is 0 Å². The number of hydrogen-bond donors (Lipinski definition) is 3. The number of aliphatic hydroxyl groups is 2. The third-order valence-electron chi connectivity index (χ3n) is 2.51. The van der Waals surface area contributed by atoms with E-state index < -0.39 is 5.91 Å².